The number of hydrogen-bond donors (Lipinski definition) is 1. The SMILES string of the molecule is CN(CCN)Cc1nn2c(c1[C@H]1CC[C@]3(CC1)COCC(C)(C)C3)CC(F)(F)C2. The normalized spacial score (nSPS) is 30.8. The van der Waals surface area contributed by atoms with Crippen LogP contribution in [0.1, 0.15) is 68.8 Å². The molecule has 3 aliphatic rings. The number of ether oxygens (including phenoxy) is 1. The molecule has 4 rings (SSSR count). The molecule has 164 valence electrons. The number of rotatable bonds is 5. The minimum absolute atomic E-state index is 0.173. The average Bonchev–Trinajstić information content (AvgIpc) is 3.06. The van der Waals surface area contributed by atoms with Crippen molar-refractivity contribution in [2.45, 2.75) is 77.3 Å². The molecule has 0 amide bonds. The fraction of sp³-hybridized carbons (Fsp3) is 0.864. The van der Waals surface area contributed by atoms with Crippen LogP contribution in [0.4, 0.5) is 8.78 Å². The highest BCUT2D eigenvalue weighted by atomic mass is 19.3. The molecule has 2 fully saturated rings. The van der Waals surface area contributed by atoms with Crippen LogP contribution in [0.3, 0.4) is 0 Å². The molecule has 1 aromatic heterocycles. The molecular formula is C22H36F2N4O. The molecule has 1 aliphatic carbocycles. The predicted molar refractivity (Wildman–Crippen MR) is 109 cm³/mol. The standard InChI is InChI=1S/C22H36F2N4O/c1-20(2)12-21(15-29-14-20)6-4-16(5-7-21)19-17(11-27(3)9-8-25)26-28-13-22(23,24)10-18(19)28/h16H,4-15,25H2,1-3H3/t16-,21+. The Bertz CT molecular complexity index is 737. The molecule has 1 spiro atoms. The van der Waals surface area contributed by atoms with Crippen molar-refractivity contribution in [3.63, 3.8) is 0 Å². The van der Waals surface area contributed by atoms with Crippen LogP contribution in [0.15, 0.2) is 0 Å². The molecule has 3 heterocycles. The van der Waals surface area contributed by atoms with Crippen molar-refractivity contribution in [2.24, 2.45) is 16.6 Å². The van der Waals surface area contributed by atoms with E-state index in [9.17, 15) is 8.78 Å². The van der Waals surface area contributed by atoms with Gasteiger partial charge in [0.15, 0.2) is 0 Å². The van der Waals surface area contributed by atoms with Gasteiger partial charge in [-0.25, -0.2) is 8.78 Å². The molecule has 0 radical (unpaired) electrons. The second-order valence-electron chi connectivity index (χ2n) is 10.6. The molecule has 0 aromatic carbocycles. The lowest BCUT2D eigenvalue weighted by molar-refractivity contribution is -0.0928. The van der Waals surface area contributed by atoms with Gasteiger partial charge in [0.2, 0.25) is 0 Å². The number of fused-ring (bicyclic) bond motifs is 1. The van der Waals surface area contributed by atoms with Crippen molar-refractivity contribution in [1.82, 2.24) is 14.7 Å². The van der Waals surface area contributed by atoms with Crippen LogP contribution in [0, 0.1) is 10.8 Å². The highest BCUT2D eigenvalue weighted by Gasteiger charge is 2.46. The Balaban J connectivity index is 1.55. The summed E-state index contributed by atoms with van der Waals surface area (Å²) in [7, 11) is 2.02. The monoisotopic (exact) mass is 410 g/mol. The third-order valence-corrected chi connectivity index (χ3v) is 7.12. The number of aromatic nitrogens is 2. The van der Waals surface area contributed by atoms with Gasteiger partial charge in [-0.05, 0) is 55.9 Å². The number of nitrogens with two attached hydrogens (primary N) is 1. The van der Waals surface area contributed by atoms with Crippen LogP contribution in [-0.4, -0.2) is 54.0 Å². The first-order valence-corrected chi connectivity index (χ1v) is 11.0. The smallest absolute Gasteiger partial charge is 0.272 e. The summed E-state index contributed by atoms with van der Waals surface area (Å²) in [6, 6.07) is 0. The number of nitrogens with zero attached hydrogens (tertiary/aromatic N) is 3. The Morgan fingerprint density at radius 1 is 1.24 bits per heavy atom. The van der Waals surface area contributed by atoms with Crippen molar-refractivity contribution in [3.8, 4) is 0 Å². The van der Waals surface area contributed by atoms with E-state index >= 15 is 0 Å². The molecule has 0 unspecified atom stereocenters. The summed E-state index contributed by atoms with van der Waals surface area (Å²) in [6.07, 6.45) is 5.33. The maximum Gasteiger partial charge on any atom is 0.272 e. The summed E-state index contributed by atoms with van der Waals surface area (Å²) in [5.74, 6) is -2.35. The van der Waals surface area contributed by atoms with E-state index in [-0.39, 0.29) is 23.8 Å². The van der Waals surface area contributed by atoms with E-state index in [1.807, 2.05) is 7.05 Å². The topological polar surface area (TPSA) is 56.3 Å². The molecule has 29 heavy (non-hydrogen) atoms. The Morgan fingerprint density at radius 3 is 2.62 bits per heavy atom. The zero-order chi connectivity index (χ0) is 20.9. The number of halogens is 2. The minimum Gasteiger partial charge on any atom is -0.380 e. The van der Waals surface area contributed by atoms with Gasteiger partial charge in [-0.3, -0.25) is 9.58 Å². The van der Waals surface area contributed by atoms with Gasteiger partial charge in [0.1, 0.15) is 6.54 Å². The largest absolute Gasteiger partial charge is 0.380 e. The van der Waals surface area contributed by atoms with E-state index < -0.39 is 5.92 Å². The van der Waals surface area contributed by atoms with E-state index in [1.54, 1.807) is 4.68 Å². The van der Waals surface area contributed by atoms with Gasteiger partial charge in [-0.15, -0.1) is 0 Å². The number of likely N-dealkylation sites (N-methyl/N-ethyl adjacent to an activating group) is 1. The molecule has 1 saturated carbocycles. The highest BCUT2D eigenvalue weighted by molar-refractivity contribution is 5.34. The fourth-order valence-electron chi connectivity index (χ4n) is 6.05. The van der Waals surface area contributed by atoms with Crippen LogP contribution in [0.25, 0.3) is 0 Å². The lowest BCUT2D eigenvalue weighted by Crippen LogP contribution is -2.43. The van der Waals surface area contributed by atoms with E-state index in [0.717, 1.165) is 62.4 Å². The van der Waals surface area contributed by atoms with E-state index in [4.69, 9.17) is 10.5 Å². The van der Waals surface area contributed by atoms with Crippen LogP contribution in [0.2, 0.25) is 0 Å². The van der Waals surface area contributed by atoms with Gasteiger partial charge < -0.3 is 10.5 Å². The summed E-state index contributed by atoms with van der Waals surface area (Å²) < 4.78 is 35.8. The van der Waals surface area contributed by atoms with Crippen LogP contribution in [-0.2, 0) is 24.2 Å². The van der Waals surface area contributed by atoms with E-state index in [0.29, 0.717) is 19.0 Å². The van der Waals surface area contributed by atoms with E-state index in [1.165, 1.54) is 6.42 Å². The molecule has 5 nitrogen and oxygen atoms in total. The Kier molecular flexibility index (Phi) is 5.53. The minimum atomic E-state index is -2.67. The van der Waals surface area contributed by atoms with Crippen molar-refractivity contribution in [2.75, 3.05) is 33.4 Å². The third kappa shape index (κ3) is 4.37. The Morgan fingerprint density at radius 2 is 1.97 bits per heavy atom. The second-order valence-corrected chi connectivity index (χ2v) is 10.6. The molecule has 7 heteroatoms. The zero-order valence-electron chi connectivity index (χ0n) is 18.1. The maximum atomic E-state index is 14.1. The summed E-state index contributed by atoms with van der Waals surface area (Å²) >= 11 is 0. The Labute approximate surface area is 172 Å². The Hall–Kier alpha value is -1.05. The van der Waals surface area contributed by atoms with Gasteiger partial charge in [0.25, 0.3) is 5.92 Å². The number of alkyl halides is 2. The maximum absolute atomic E-state index is 14.1. The van der Waals surface area contributed by atoms with E-state index in [2.05, 4.69) is 23.8 Å². The van der Waals surface area contributed by atoms with Crippen LogP contribution < -0.4 is 5.73 Å². The molecular weight excluding hydrogens is 374 g/mol. The molecule has 0 bridgehead atoms. The first kappa shape index (κ1) is 21.2. The molecule has 1 aromatic rings. The molecule has 2 aliphatic heterocycles. The predicted octanol–water partition coefficient (Wildman–Crippen LogP) is 3.56. The average molecular weight is 411 g/mol. The summed E-state index contributed by atoms with van der Waals surface area (Å²) in [6.45, 7) is 8.01. The highest BCUT2D eigenvalue weighted by Crippen LogP contribution is 2.52. The van der Waals surface area contributed by atoms with Gasteiger partial charge in [-0.1, -0.05) is 13.8 Å². The number of hydrogen-bond acceptors (Lipinski definition) is 4. The van der Waals surface area contributed by atoms with Crippen molar-refractivity contribution in [1.29, 1.82) is 0 Å². The van der Waals surface area contributed by atoms with Crippen LogP contribution in [0.5, 0.6) is 0 Å². The molecule has 0 atom stereocenters. The lowest BCUT2D eigenvalue weighted by atomic mass is 9.62. The summed E-state index contributed by atoms with van der Waals surface area (Å²) in [4.78, 5) is 2.14. The van der Waals surface area contributed by atoms with Crippen molar-refractivity contribution < 1.29 is 13.5 Å². The molecule has 1 saturated heterocycles. The summed E-state index contributed by atoms with van der Waals surface area (Å²) in [5.41, 5.74) is 9.04. The van der Waals surface area contributed by atoms with Gasteiger partial charge in [0.05, 0.1) is 25.3 Å². The van der Waals surface area contributed by atoms with Crippen molar-refractivity contribution in [3.05, 3.63) is 17.0 Å². The molecule has 2 N–H and O–H groups in total. The summed E-state index contributed by atoms with van der Waals surface area (Å²) in [5, 5.41) is 4.64. The first-order valence-electron chi connectivity index (χ1n) is 11.0. The second kappa shape index (κ2) is 7.57. The van der Waals surface area contributed by atoms with Crippen molar-refractivity contribution >= 4 is 0 Å². The fourth-order valence-corrected chi connectivity index (χ4v) is 6.05. The lowest BCUT2D eigenvalue weighted by Gasteiger charge is -2.48. The zero-order valence-corrected chi connectivity index (χ0v) is 18.1. The third-order valence-electron chi connectivity index (χ3n) is 7.12. The van der Waals surface area contributed by atoms with Gasteiger partial charge >= 0.3 is 0 Å². The van der Waals surface area contributed by atoms with Gasteiger partial charge in [-0.2, -0.15) is 5.10 Å². The quantitative estimate of drug-likeness (QED) is 0.807. The van der Waals surface area contributed by atoms with Gasteiger partial charge in [0, 0.05) is 30.9 Å². The first-order chi connectivity index (χ1) is 13.6. The van der Waals surface area contributed by atoms with Crippen LogP contribution >= 0.6 is 0 Å².